The van der Waals surface area contributed by atoms with Crippen molar-refractivity contribution in [2.24, 2.45) is 5.92 Å². The summed E-state index contributed by atoms with van der Waals surface area (Å²) in [6.07, 6.45) is 2.66. The van der Waals surface area contributed by atoms with Crippen LogP contribution in [-0.2, 0) is 16.6 Å². The van der Waals surface area contributed by atoms with Gasteiger partial charge in [0.15, 0.2) is 11.5 Å². The summed E-state index contributed by atoms with van der Waals surface area (Å²) in [4.78, 5) is 0. The molecule has 22 heavy (non-hydrogen) atoms. The molecule has 1 saturated heterocycles. The third kappa shape index (κ3) is 3.53. The summed E-state index contributed by atoms with van der Waals surface area (Å²) in [6, 6.07) is 5.70. The normalized spacial score (nSPS) is 22.0. The van der Waals surface area contributed by atoms with Crippen LogP contribution < -0.4 is 14.2 Å². The average molecular weight is 326 g/mol. The summed E-state index contributed by atoms with van der Waals surface area (Å²) in [5.41, 5.74) is 1.03. The van der Waals surface area contributed by atoms with Crippen molar-refractivity contribution in [3.63, 3.8) is 0 Å². The molecule has 0 radical (unpaired) electrons. The molecule has 0 aliphatic carbocycles. The summed E-state index contributed by atoms with van der Waals surface area (Å²) in [6.45, 7) is 3.95. The van der Waals surface area contributed by atoms with Gasteiger partial charge >= 0.3 is 0 Å². The van der Waals surface area contributed by atoms with Gasteiger partial charge in [-0.25, -0.2) is 4.72 Å². The van der Waals surface area contributed by atoms with Gasteiger partial charge in [-0.3, -0.25) is 0 Å². The number of piperidine rings is 1. The van der Waals surface area contributed by atoms with Crippen molar-refractivity contribution >= 4 is 10.2 Å². The molecular weight excluding hydrogens is 304 g/mol. The summed E-state index contributed by atoms with van der Waals surface area (Å²) in [7, 11) is -3.37. The summed E-state index contributed by atoms with van der Waals surface area (Å²) in [5.74, 6) is 1.90. The van der Waals surface area contributed by atoms with Gasteiger partial charge in [0, 0.05) is 19.6 Å². The minimum absolute atomic E-state index is 0.249. The summed E-state index contributed by atoms with van der Waals surface area (Å²) in [5, 5.41) is 0. The zero-order valence-electron chi connectivity index (χ0n) is 12.7. The minimum Gasteiger partial charge on any atom is -0.454 e. The predicted molar refractivity (Wildman–Crippen MR) is 83.2 cm³/mol. The molecule has 1 aromatic rings. The number of fused-ring (bicyclic) bond motifs is 1. The standard InChI is InChI=1S/C15H22N2O4S/c1-12-3-2-8-17(10-12)22(18,19)16-7-6-13-4-5-14-15(9-13)21-11-20-14/h4-5,9,12,16H,2-3,6-8,10-11H2,1H3/t12-/m0/s1. The highest BCUT2D eigenvalue weighted by Gasteiger charge is 2.26. The van der Waals surface area contributed by atoms with Crippen molar-refractivity contribution in [1.82, 2.24) is 9.03 Å². The fourth-order valence-electron chi connectivity index (χ4n) is 2.88. The van der Waals surface area contributed by atoms with Crippen LogP contribution in [0.4, 0.5) is 0 Å². The number of nitrogens with zero attached hydrogens (tertiary/aromatic N) is 1. The highest BCUT2D eigenvalue weighted by Crippen LogP contribution is 2.32. The Bertz CT molecular complexity index is 632. The first kappa shape index (κ1) is 15.6. The minimum atomic E-state index is -3.37. The predicted octanol–water partition coefficient (Wildman–Crippen LogP) is 1.52. The van der Waals surface area contributed by atoms with Crippen molar-refractivity contribution in [2.75, 3.05) is 26.4 Å². The van der Waals surface area contributed by atoms with E-state index in [9.17, 15) is 8.42 Å². The maximum Gasteiger partial charge on any atom is 0.279 e. The van der Waals surface area contributed by atoms with E-state index in [2.05, 4.69) is 11.6 Å². The van der Waals surface area contributed by atoms with E-state index in [1.165, 1.54) is 0 Å². The molecule has 0 saturated carbocycles. The molecule has 0 amide bonds. The van der Waals surface area contributed by atoms with Gasteiger partial charge in [-0.2, -0.15) is 12.7 Å². The van der Waals surface area contributed by atoms with Gasteiger partial charge in [0.25, 0.3) is 10.2 Å². The number of benzene rings is 1. The number of hydrogen-bond donors (Lipinski definition) is 1. The zero-order chi connectivity index (χ0) is 15.6. The molecule has 0 bridgehead atoms. The number of nitrogens with one attached hydrogen (secondary N) is 1. The Balaban J connectivity index is 1.53. The van der Waals surface area contributed by atoms with Crippen molar-refractivity contribution < 1.29 is 17.9 Å². The molecular formula is C15H22N2O4S. The molecule has 1 atom stereocenters. The van der Waals surface area contributed by atoms with Crippen molar-refractivity contribution in [2.45, 2.75) is 26.2 Å². The van der Waals surface area contributed by atoms with Crippen LogP contribution in [0.25, 0.3) is 0 Å². The Kier molecular flexibility index (Phi) is 4.56. The summed E-state index contributed by atoms with van der Waals surface area (Å²) < 4.78 is 39.4. The van der Waals surface area contributed by atoms with Gasteiger partial charge in [-0.05, 0) is 42.9 Å². The number of hydrogen-bond acceptors (Lipinski definition) is 4. The first-order chi connectivity index (χ1) is 10.5. The van der Waals surface area contributed by atoms with Gasteiger partial charge < -0.3 is 9.47 Å². The lowest BCUT2D eigenvalue weighted by atomic mass is 10.0. The molecule has 0 spiro atoms. The topological polar surface area (TPSA) is 67.9 Å². The largest absolute Gasteiger partial charge is 0.454 e. The van der Waals surface area contributed by atoms with Crippen LogP contribution in [-0.4, -0.2) is 39.2 Å². The lowest BCUT2D eigenvalue weighted by Crippen LogP contribution is -2.46. The van der Waals surface area contributed by atoms with Crippen molar-refractivity contribution in [3.8, 4) is 11.5 Å². The quantitative estimate of drug-likeness (QED) is 0.891. The molecule has 0 aromatic heterocycles. The molecule has 122 valence electrons. The monoisotopic (exact) mass is 326 g/mol. The van der Waals surface area contributed by atoms with Crippen LogP contribution in [0.1, 0.15) is 25.3 Å². The fourth-order valence-corrected chi connectivity index (χ4v) is 4.24. The second-order valence-electron chi connectivity index (χ2n) is 5.94. The van der Waals surface area contributed by atoms with Crippen LogP contribution in [0.15, 0.2) is 18.2 Å². The lowest BCUT2D eigenvalue weighted by Gasteiger charge is -2.29. The van der Waals surface area contributed by atoms with Gasteiger partial charge in [-0.1, -0.05) is 13.0 Å². The Morgan fingerprint density at radius 1 is 1.32 bits per heavy atom. The average Bonchev–Trinajstić information content (AvgIpc) is 2.94. The highest BCUT2D eigenvalue weighted by molar-refractivity contribution is 7.87. The zero-order valence-corrected chi connectivity index (χ0v) is 13.6. The van der Waals surface area contributed by atoms with Crippen LogP contribution in [0, 0.1) is 5.92 Å². The highest BCUT2D eigenvalue weighted by atomic mass is 32.2. The number of ether oxygens (including phenoxy) is 2. The first-order valence-corrected chi connectivity index (χ1v) is 9.12. The molecule has 1 aromatic carbocycles. The molecule has 2 aliphatic rings. The van der Waals surface area contributed by atoms with Crippen molar-refractivity contribution in [3.05, 3.63) is 23.8 Å². The van der Waals surface area contributed by atoms with E-state index >= 15 is 0 Å². The van der Waals surface area contributed by atoms with Gasteiger partial charge in [-0.15, -0.1) is 0 Å². The van der Waals surface area contributed by atoms with E-state index in [0.717, 1.165) is 29.9 Å². The maximum absolute atomic E-state index is 12.3. The molecule has 6 nitrogen and oxygen atoms in total. The second kappa shape index (κ2) is 6.44. The van der Waals surface area contributed by atoms with E-state index in [0.29, 0.717) is 32.0 Å². The van der Waals surface area contributed by atoms with Crippen LogP contribution in [0.2, 0.25) is 0 Å². The Hall–Kier alpha value is -1.31. The van der Waals surface area contributed by atoms with E-state index in [1.54, 1.807) is 4.31 Å². The molecule has 7 heteroatoms. The molecule has 3 rings (SSSR count). The van der Waals surface area contributed by atoms with Gasteiger partial charge in [0.05, 0.1) is 0 Å². The second-order valence-corrected chi connectivity index (χ2v) is 7.70. The maximum atomic E-state index is 12.3. The Morgan fingerprint density at radius 2 is 2.14 bits per heavy atom. The van der Waals surface area contributed by atoms with Crippen LogP contribution in [0.5, 0.6) is 11.5 Å². The molecule has 1 N–H and O–H groups in total. The Morgan fingerprint density at radius 3 is 2.95 bits per heavy atom. The SMILES string of the molecule is C[C@H]1CCCN(S(=O)(=O)NCCc2ccc3c(c2)OCO3)C1. The Labute approximate surface area is 131 Å². The van der Waals surface area contributed by atoms with Crippen molar-refractivity contribution in [1.29, 1.82) is 0 Å². The fraction of sp³-hybridized carbons (Fsp3) is 0.600. The third-order valence-electron chi connectivity index (χ3n) is 4.09. The third-order valence-corrected chi connectivity index (χ3v) is 5.68. The molecule has 0 unspecified atom stereocenters. The van der Waals surface area contributed by atoms with E-state index in [4.69, 9.17) is 9.47 Å². The number of rotatable bonds is 5. The molecule has 2 heterocycles. The van der Waals surface area contributed by atoms with Crippen LogP contribution in [0.3, 0.4) is 0 Å². The smallest absolute Gasteiger partial charge is 0.279 e. The lowest BCUT2D eigenvalue weighted by molar-refractivity contribution is 0.174. The van der Waals surface area contributed by atoms with E-state index < -0.39 is 10.2 Å². The molecule has 1 fully saturated rings. The first-order valence-electron chi connectivity index (χ1n) is 7.68. The van der Waals surface area contributed by atoms with E-state index in [1.807, 2.05) is 18.2 Å². The van der Waals surface area contributed by atoms with Gasteiger partial charge in [0.2, 0.25) is 6.79 Å². The molecule has 2 aliphatic heterocycles. The van der Waals surface area contributed by atoms with E-state index in [-0.39, 0.29) is 6.79 Å². The van der Waals surface area contributed by atoms with Crippen LogP contribution >= 0.6 is 0 Å². The summed E-state index contributed by atoms with van der Waals surface area (Å²) >= 11 is 0. The van der Waals surface area contributed by atoms with Gasteiger partial charge in [0.1, 0.15) is 0 Å².